The number of aromatic nitrogens is 1. The van der Waals surface area contributed by atoms with Crippen LogP contribution in [0, 0.1) is 0 Å². The van der Waals surface area contributed by atoms with Crippen LogP contribution < -0.4 is 0 Å². The third-order valence-electron chi connectivity index (χ3n) is 7.59. The van der Waals surface area contributed by atoms with E-state index < -0.39 is 23.4 Å². The van der Waals surface area contributed by atoms with Gasteiger partial charge in [0.25, 0.3) is 5.91 Å². The van der Waals surface area contributed by atoms with Crippen molar-refractivity contribution in [3.63, 3.8) is 0 Å². The van der Waals surface area contributed by atoms with Gasteiger partial charge in [0.15, 0.2) is 0 Å². The van der Waals surface area contributed by atoms with Crippen LogP contribution in [0.4, 0.5) is 13.2 Å². The number of carbonyl (C=O) groups is 2. The van der Waals surface area contributed by atoms with Gasteiger partial charge in [0, 0.05) is 57.3 Å². The minimum Gasteiger partial charge on any atom is -0.450 e. The largest absolute Gasteiger partial charge is 0.450 e. The maximum absolute atomic E-state index is 13.7. The Morgan fingerprint density at radius 1 is 1.15 bits per heavy atom. The quantitative estimate of drug-likeness (QED) is 0.608. The Kier molecular flexibility index (Phi) is 5.92. The number of hydrogen-bond donors (Lipinski definition) is 0. The first kappa shape index (κ1) is 23.3. The van der Waals surface area contributed by atoms with Gasteiger partial charge < -0.3 is 14.4 Å². The normalized spacial score (nSPS) is 23.9. The number of nitrogens with zero attached hydrogens (tertiary/aromatic N) is 3. The van der Waals surface area contributed by atoms with Gasteiger partial charge in [-0.05, 0) is 37.8 Å². The summed E-state index contributed by atoms with van der Waals surface area (Å²) in [5.41, 5.74) is -0.317. The molecular formula is C24H28F3N3O4. The van der Waals surface area contributed by atoms with Gasteiger partial charge in [0.1, 0.15) is 11.3 Å². The summed E-state index contributed by atoms with van der Waals surface area (Å²) < 4.78 is 50.7. The Hall–Kier alpha value is -2.46. The molecular weight excluding hydrogens is 451 g/mol. The van der Waals surface area contributed by atoms with E-state index in [0.717, 1.165) is 32.1 Å². The maximum Gasteiger partial charge on any atom is 0.433 e. The van der Waals surface area contributed by atoms with Crippen LogP contribution in [0.15, 0.2) is 23.3 Å². The lowest BCUT2D eigenvalue weighted by Crippen LogP contribution is -2.52. The molecule has 4 aliphatic heterocycles. The van der Waals surface area contributed by atoms with E-state index in [9.17, 15) is 22.8 Å². The molecule has 0 bridgehead atoms. The number of rotatable bonds is 2. The van der Waals surface area contributed by atoms with E-state index in [-0.39, 0.29) is 18.1 Å². The van der Waals surface area contributed by atoms with Gasteiger partial charge in [-0.1, -0.05) is 6.07 Å². The Morgan fingerprint density at radius 2 is 1.85 bits per heavy atom. The molecule has 184 valence electrons. The maximum atomic E-state index is 13.7. The van der Waals surface area contributed by atoms with Crippen LogP contribution in [0.25, 0.3) is 0 Å². The first-order chi connectivity index (χ1) is 16.2. The molecule has 5 rings (SSSR count). The molecule has 1 spiro atoms. The van der Waals surface area contributed by atoms with Crippen LogP contribution in [-0.4, -0.2) is 71.2 Å². The summed E-state index contributed by atoms with van der Waals surface area (Å²) in [4.78, 5) is 33.9. The summed E-state index contributed by atoms with van der Waals surface area (Å²) in [5, 5.41) is 0. The first-order valence-electron chi connectivity index (χ1n) is 11.8. The SMILES string of the molecule is CC1=C(C(=O)N2CCc3ccc(C(F)(F)F)nc3C2)C2(CCN(C3CCOCC3)CC2)OC1=O. The molecule has 10 heteroatoms. The van der Waals surface area contributed by atoms with Crippen molar-refractivity contribution in [2.75, 3.05) is 32.8 Å². The topological polar surface area (TPSA) is 72.0 Å². The lowest BCUT2D eigenvalue weighted by atomic mass is 9.81. The molecule has 0 aliphatic carbocycles. The highest BCUT2D eigenvalue weighted by molar-refractivity contribution is 6.07. The lowest BCUT2D eigenvalue weighted by Gasteiger charge is -2.44. The number of ether oxygens (including phenoxy) is 2. The summed E-state index contributed by atoms with van der Waals surface area (Å²) in [6, 6.07) is 2.85. The fourth-order valence-electron chi connectivity index (χ4n) is 5.66. The summed E-state index contributed by atoms with van der Waals surface area (Å²) >= 11 is 0. The van der Waals surface area contributed by atoms with Crippen molar-refractivity contribution < 1.29 is 32.2 Å². The molecule has 0 atom stereocenters. The predicted octanol–water partition coefficient (Wildman–Crippen LogP) is 2.87. The van der Waals surface area contributed by atoms with Gasteiger partial charge in [-0.3, -0.25) is 9.69 Å². The molecule has 1 aromatic rings. The highest BCUT2D eigenvalue weighted by Gasteiger charge is 2.52. The number of halogens is 3. The second-order valence-corrected chi connectivity index (χ2v) is 9.54. The van der Waals surface area contributed by atoms with Crippen LogP contribution >= 0.6 is 0 Å². The van der Waals surface area contributed by atoms with Crippen molar-refractivity contribution >= 4 is 11.9 Å². The molecule has 5 heterocycles. The van der Waals surface area contributed by atoms with Gasteiger partial charge in [0.05, 0.1) is 17.8 Å². The fourth-order valence-corrected chi connectivity index (χ4v) is 5.66. The molecule has 7 nitrogen and oxygen atoms in total. The summed E-state index contributed by atoms with van der Waals surface area (Å²) in [7, 11) is 0. The third-order valence-corrected chi connectivity index (χ3v) is 7.59. The van der Waals surface area contributed by atoms with E-state index in [2.05, 4.69) is 9.88 Å². The van der Waals surface area contributed by atoms with Crippen LogP contribution in [0.5, 0.6) is 0 Å². The van der Waals surface area contributed by atoms with Crippen LogP contribution in [0.3, 0.4) is 0 Å². The van der Waals surface area contributed by atoms with Gasteiger partial charge in [0.2, 0.25) is 0 Å². The summed E-state index contributed by atoms with van der Waals surface area (Å²) in [6.45, 7) is 4.84. The number of amides is 1. The zero-order chi connectivity index (χ0) is 24.1. The number of hydrogen-bond acceptors (Lipinski definition) is 6. The Labute approximate surface area is 195 Å². The minimum atomic E-state index is -4.55. The molecule has 0 unspecified atom stereocenters. The number of fused-ring (bicyclic) bond motifs is 1. The van der Waals surface area contributed by atoms with E-state index in [1.807, 2.05) is 0 Å². The second-order valence-electron chi connectivity index (χ2n) is 9.54. The average Bonchev–Trinajstić information content (AvgIpc) is 3.07. The van der Waals surface area contributed by atoms with Crippen molar-refractivity contribution in [1.82, 2.24) is 14.8 Å². The van der Waals surface area contributed by atoms with E-state index in [1.54, 1.807) is 6.92 Å². The Morgan fingerprint density at radius 3 is 2.53 bits per heavy atom. The summed E-state index contributed by atoms with van der Waals surface area (Å²) in [6.07, 6.45) is -1.15. The molecule has 0 saturated carbocycles. The fraction of sp³-hybridized carbons (Fsp3) is 0.625. The highest BCUT2D eigenvalue weighted by Crippen LogP contribution is 2.43. The molecule has 0 radical (unpaired) electrons. The molecule has 0 N–H and O–H groups in total. The monoisotopic (exact) mass is 479 g/mol. The number of esters is 1. The molecule has 1 amide bonds. The minimum absolute atomic E-state index is 0.0205. The number of piperidine rings is 1. The highest BCUT2D eigenvalue weighted by atomic mass is 19.4. The van der Waals surface area contributed by atoms with Gasteiger partial charge in [-0.25, -0.2) is 9.78 Å². The molecule has 2 saturated heterocycles. The second kappa shape index (κ2) is 8.64. The van der Waals surface area contributed by atoms with Crippen molar-refractivity contribution in [2.24, 2.45) is 0 Å². The third kappa shape index (κ3) is 4.11. The van der Waals surface area contributed by atoms with Crippen molar-refractivity contribution in [2.45, 2.75) is 63.4 Å². The zero-order valence-electron chi connectivity index (χ0n) is 19.1. The molecule has 1 aromatic heterocycles. The van der Waals surface area contributed by atoms with E-state index in [4.69, 9.17) is 9.47 Å². The molecule has 34 heavy (non-hydrogen) atoms. The van der Waals surface area contributed by atoms with Crippen LogP contribution in [-0.2, 0) is 38.2 Å². The van der Waals surface area contributed by atoms with Gasteiger partial charge in [-0.15, -0.1) is 0 Å². The lowest BCUT2D eigenvalue weighted by molar-refractivity contribution is -0.152. The number of carbonyl (C=O) groups excluding carboxylic acids is 2. The molecule has 0 aromatic carbocycles. The number of alkyl halides is 3. The van der Waals surface area contributed by atoms with E-state index >= 15 is 0 Å². The number of pyridine rings is 1. The van der Waals surface area contributed by atoms with Crippen molar-refractivity contribution in [3.8, 4) is 0 Å². The Bertz CT molecular complexity index is 1020. The smallest absolute Gasteiger partial charge is 0.433 e. The van der Waals surface area contributed by atoms with E-state index in [1.165, 1.54) is 11.0 Å². The van der Waals surface area contributed by atoms with Crippen LogP contribution in [0.2, 0.25) is 0 Å². The van der Waals surface area contributed by atoms with Crippen molar-refractivity contribution in [3.05, 3.63) is 40.2 Å². The Balaban J connectivity index is 1.35. The van der Waals surface area contributed by atoms with Gasteiger partial charge in [-0.2, -0.15) is 13.2 Å². The molecule has 4 aliphatic rings. The zero-order valence-corrected chi connectivity index (χ0v) is 19.1. The van der Waals surface area contributed by atoms with Crippen molar-refractivity contribution in [1.29, 1.82) is 0 Å². The van der Waals surface area contributed by atoms with Crippen LogP contribution in [0.1, 0.15) is 49.6 Å². The molecule has 2 fully saturated rings. The van der Waals surface area contributed by atoms with Gasteiger partial charge >= 0.3 is 12.1 Å². The van der Waals surface area contributed by atoms with E-state index in [0.29, 0.717) is 61.6 Å². The number of likely N-dealkylation sites (tertiary alicyclic amines) is 1. The predicted molar refractivity (Wildman–Crippen MR) is 115 cm³/mol. The first-order valence-corrected chi connectivity index (χ1v) is 11.8. The standard InChI is InChI=1S/C24H28F3N3O4/c1-15-20(21(31)30-9-4-16-2-3-19(24(25,26)27)28-18(16)14-30)23(34-22(15)32)7-10-29(11-8-23)17-5-12-33-13-6-17/h2-3,17H,4-14H2,1H3. The summed E-state index contributed by atoms with van der Waals surface area (Å²) in [5.74, 6) is -0.828. The average molecular weight is 479 g/mol.